The molecule has 0 aliphatic heterocycles. The van der Waals surface area contributed by atoms with Crippen LogP contribution in [0, 0.1) is 10.2 Å². The number of benzene rings is 2. The summed E-state index contributed by atoms with van der Waals surface area (Å²) >= 11 is 0. The predicted octanol–water partition coefficient (Wildman–Crippen LogP) is -1.79. The zero-order valence-electron chi connectivity index (χ0n) is 14.5. The average Bonchev–Trinajstić information content (AvgIpc) is 2.44. The van der Waals surface area contributed by atoms with Crippen LogP contribution in [0.2, 0.25) is 0 Å². The Morgan fingerprint density at radius 1 is 1.00 bits per heavy atom. The minimum Gasteiger partial charge on any atom is -0.450 e. The van der Waals surface area contributed by atoms with E-state index in [2.05, 4.69) is 24.3 Å². The summed E-state index contributed by atoms with van der Waals surface area (Å²) in [4.78, 5) is 1.97. The number of nitrogens with zero attached hydrogens (tertiary/aromatic N) is 2. The van der Waals surface area contributed by atoms with E-state index in [1.165, 1.54) is 10.8 Å². The minimum absolute atomic E-state index is 0.801. The molecule has 0 atom stereocenters. The average molecular weight is 369 g/mol. The standard InChI is InChI=1S/C17H21N2O.ClHO4/c1-18(2)12-17(13-19(3)4)20-16-10-9-14-7-5-6-8-15(14)11-16;2-1(3,4)5/h5-13H,1-4H3;(H,2,3,4,5)/q+1;/p-1. The van der Waals surface area contributed by atoms with Crippen LogP contribution in [0.4, 0.5) is 0 Å². The molecule has 8 heteroatoms. The van der Waals surface area contributed by atoms with E-state index >= 15 is 0 Å². The fourth-order valence-corrected chi connectivity index (χ4v) is 1.96. The van der Waals surface area contributed by atoms with E-state index < -0.39 is 10.2 Å². The summed E-state index contributed by atoms with van der Waals surface area (Å²) < 4.78 is 41.9. The van der Waals surface area contributed by atoms with Crippen LogP contribution >= 0.6 is 0 Å². The second kappa shape index (κ2) is 9.36. The number of hydrogen-bond donors (Lipinski definition) is 0. The van der Waals surface area contributed by atoms with Crippen molar-refractivity contribution < 1.29 is 38.2 Å². The highest BCUT2D eigenvalue weighted by Gasteiger charge is 2.04. The quantitative estimate of drug-likeness (QED) is 0.358. The van der Waals surface area contributed by atoms with Crippen LogP contribution < -0.4 is 23.4 Å². The molecule has 0 radical (unpaired) electrons. The highest BCUT2D eigenvalue weighted by Crippen LogP contribution is 2.21. The van der Waals surface area contributed by atoms with Gasteiger partial charge in [-0.2, -0.15) is 0 Å². The number of ether oxygens (including phenoxy) is 1. The fraction of sp³-hybridized carbons (Fsp3) is 0.235. The molecule has 0 aliphatic carbocycles. The van der Waals surface area contributed by atoms with Crippen molar-refractivity contribution in [2.45, 2.75) is 0 Å². The van der Waals surface area contributed by atoms with Gasteiger partial charge in [-0.25, -0.2) is 23.2 Å². The molecule has 7 nitrogen and oxygen atoms in total. The normalized spacial score (nSPS) is 11.4. The Morgan fingerprint density at radius 2 is 1.56 bits per heavy atom. The lowest BCUT2D eigenvalue weighted by atomic mass is 10.1. The number of allylic oxidation sites excluding steroid dienone is 1. The molecule has 2 aromatic carbocycles. The van der Waals surface area contributed by atoms with Crippen LogP contribution in [0.3, 0.4) is 0 Å². The lowest BCUT2D eigenvalue weighted by Gasteiger charge is -2.17. The van der Waals surface area contributed by atoms with Gasteiger partial charge in [-0.3, -0.25) is 0 Å². The first kappa shape index (κ1) is 20.9. The molecule has 0 N–H and O–H groups in total. The summed E-state index contributed by atoms with van der Waals surface area (Å²) in [7, 11) is 2.97. The van der Waals surface area contributed by atoms with Gasteiger partial charge in [0.1, 0.15) is 19.8 Å². The number of rotatable bonds is 4. The van der Waals surface area contributed by atoms with Gasteiger partial charge in [0.2, 0.25) is 12.0 Å². The number of fused-ring (bicyclic) bond motifs is 1. The number of hydrogen-bond acceptors (Lipinski definition) is 6. The molecule has 0 aromatic heterocycles. The fourth-order valence-electron chi connectivity index (χ4n) is 1.96. The second-order valence-electron chi connectivity index (χ2n) is 5.58. The molecule has 0 saturated carbocycles. The third kappa shape index (κ3) is 9.65. The molecule has 0 spiro atoms. The van der Waals surface area contributed by atoms with Crippen LogP contribution in [-0.4, -0.2) is 43.9 Å². The van der Waals surface area contributed by atoms with E-state index in [9.17, 15) is 0 Å². The van der Waals surface area contributed by atoms with Gasteiger partial charge in [0.05, 0.1) is 0 Å². The first-order chi connectivity index (χ1) is 11.5. The van der Waals surface area contributed by atoms with E-state index in [1.807, 2.05) is 68.3 Å². The van der Waals surface area contributed by atoms with Crippen LogP contribution in [0.25, 0.3) is 10.8 Å². The molecule has 0 amide bonds. The molecule has 136 valence electrons. The molecular formula is C17H21ClN2O5. The van der Waals surface area contributed by atoms with Crippen molar-refractivity contribution in [2.75, 3.05) is 28.2 Å². The van der Waals surface area contributed by atoms with Gasteiger partial charge in [-0.15, -0.1) is 10.2 Å². The maximum Gasteiger partial charge on any atom is 0.207 e. The summed E-state index contributed by atoms with van der Waals surface area (Å²) in [5.74, 6) is 1.64. The van der Waals surface area contributed by atoms with E-state index in [1.54, 1.807) is 0 Å². The maximum absolute atomic E-state index is 8.49. The van der Waals surface area contributed by atoms with Crippen molar-refractivity contribution in [3.05, 3.63) is 54.4 Å². The molecule has 25 heavy (non-hydrogen) atoms. The zero-order chi connectivity index (χ0) is 19.0. The minimum atomic E-state index is -4.94. The van der Waals surface area contributed by atoms with Crippen molar-refractivity contribution in [1.82, 2.24) is 4.90 Å². The van der Waals surface area contributed by atoms with Crippen LogP contribution in [0.1, 0.15) is 0 Å². The smallest absolute Gasteiger partial charge is 0.207 e. The molecule has 0 heterocycles. The largest absolute Gasteiger partial charge is 0.450 e. The van der Waals surface area contributed by atoms with Crippen molar-refractivity contribution in [3.8, 4) is 5.75 Å². The van der Waals surface area contributed by atoms with Gasteiger partial charge < -0.3 is 9.64 Å². The Balaban J connectivity index is 0.000000550. The molecule has 2 aromatic rings. The Labute approximate surface area is 149 Å². The molecule has 0 bridgehead atoms. The zero-order valence-corrected chi connectivity index (χ0v) is 15.3. The van der Waals surface area contributed by atoms with Crippen LogP contribution in [-0.2, 0) is 0 Å². The summed E-state index contributed by atoms with van der Waals surface area (Å²) in [5, 5.41) is 2.40. The van der Waals surface area contributed by atoms with Crippen molar-refractivity contribution >= 4 is 17.0 Å². The van der Waals surface area contributed by atoms with Gasteiger partial charge in [-0.1, -0.05) is 30.3 Å². The summed E-state index contributed by atoms with van der Waals surface area (Å²) in [6.07, 6.45) is 3.91. The predicted molar refractivity (Wildman–Crippen MR) is 84.5 cm³/mol. The van der Waals surface area contributed by atoms with Crippen LogP contribution in [0.5, 0.6) is 5.75 Å². The van der Waals surface area contributed by atoms with Gasteiger partial charge in [0.25, 0.3) is 0 Å². The summed E-state index contributed by atoms with van der Waals surface area (Å²) in [5.41, 5.74) is 0. The lowest BCUT2D eigenvalue weighted by Crippen LogP contribution is -2.68. The molecule has 0 fully saturated rings. The summed E-state index contributed by atoms with van der Waals surface area (Å²) in [6, 6.07) is 14.4. The Kier molecular flexibility index (Phi) is 7.82. The van der Waals surface area contributed by atoms with Gasteiger partial charge in [0.15, 0.2) is 0 Å². The van der Waals surface area contributed by atoms with E-state index in [4.69, 9.17) is 23.4 Å². The first-order valence-corrected chi connectivity index (χ1v) is 8.46. The molecular weight excluding hydrogens is 348 g/mol. The molecule has 0 unspecified atom stereocenters. The second-order valence-corrected chi connectivity index (χ2v) is 6.33. The Bertz CT molecular complexity index is 744. The third-order valence-electron chi connectivity index (χ3n) is 2.73. The number of halogens is 1. The first-order valence-electron chi connectivity index (χ1n) is 7.22. The highest BCUT2D eigenvalue weighted by atomic mass is 35.7. The maximum atomic E-state index is 8.49. The molecule has 2 rings (SSSR count). The van der Waals surface area contributed by atoms with Crippen LogP contribution in [0.15, 0.2) is 54.4 Å². The van der Waals surface area contributed by atoms with Gasteiger partial charge in [-0.05, 0) is 22.9 Å². The van der Waals surface area contributed by atoms with E-state index in [0.29, 0.717) is 0 Å². The van der Waals surface area contributed by atoms with Crippen molar-refractivity contribution in [2.24, 2.45) is 0 Å². The Morgan fingerprint density at radius 3 is 2.08 bits per heavy atom. The lowest BCUT2D eigenvalue weighted by molar-refractivity contribution is -2.00. The molecule has 0 saturated heterocycles. The topological polar surface area (TPSA) is 108 Å². The Hall–Kier alpha value is -2.16. The van der Waals surface area contributed by atoms with Gasteiger partial charge >= 0.3 is 0 Å². The van der Waals surface area contributed by atoms with E-state index in [-0.39, 0.29) is 0 Å². The van der Waals surface area contributed by atoms with E-state index in [0.717, 1.165) is 11.5 Å². The SMILES string of the molecule is CN(C)/C=C(/C=[N+](C)C)Oc1ccc2ccccc2c1.[O-][Cl+3]([O-])([O-])[O-]. The van der Waals surface area contributed by atoms with Crippen molar-refractivity contribution in [1.29, 1.82) is 0 Å². The van der Waals surface area contributed by atoms with Gasteiger partial charge in [0, 0.05) is 20.3 Å². The monoisotopic (exact) mass is 368 g/mol. The summed E-state index contributed by atoms with van der Waals surface area (Å²) in [6.45, 7) is 0. The highest BCUT2D eigenvalue weighted by molar-refractivity contribution is 5.84. The molecule has 0 aliphatic rings. The third-order valence-corrected chi connectivity index (χ3v) is 2.73. The van der Waals surface area contributed by atoms with Crippen molar-refractivity contribution in [3.63, 3.8) is 0 Å².